The number of aliphatic hydroxyl groups is 2. The van der Waals surface area contributed by atoms with Crippen molar-refractivity contribution in [2.45, 2.75) is 25.9 Å². The van der Waals surface area contributed by atoms with Crippen molar-refractivity contribution in [1.29, 1.82) is 0 Å². The first kappa shape index (κ1) is 12.5. The van der Waals surface area contributed by atoms with Crippen molar-refractivity contribution in [2.24, 2.45) is 11.5 Å². The quantitative estimate of drug-likeness (QED) is 0.391. The number of hydrogen-bond donors (Lipinski definition) is 4. The maximum Gasteiger partial charge on any atom is 0.0579 e. The highest BCUT2D eigenvalue weighted by Gasteiger charge is 1.81. The van der Waals surface area contributed by atoms with Gasteiger partial charge in [0.1, 0.15) is 0 Å². The molecule has 0 amide bonds. The Kier molecular flexibility index (Phi) is 11.1. The minimum Gasteiger partial charge on any atom is -0.395 e. The Bertz CT molecular complexity index is 49.7. The normalized spacial score (nSPS) is 15.0. The summed E-state index contributed by atoms with van der Waals surface area (Å²) >= 11 is 0. The first-order chi connectivity index (χ1) is 4.54. The second kappa shape index (κ2) is 8.84. The fraction of sp³-hybridized carbons (Fsp3) is 1.00. The number of hydrogen-bond acceptors (Lipinski definition) is 4. The van der Waals surface area contributed by atoms with Crippen LogP contribution in [0.25, 0.3) is 0 Å². The van der Waals surface area contributed by atoms with Crippen LogP contribution in [0.2, 0.25) is 0 Å². The standard InChI is InChI=1S/2C3H9NO/c2*1-3(4)2-5/h2*3,5H,2,4H2,1H3. The van der Waals surface area contributed by atoms with Crippen LogP contribution >= 0.6 is 0 Å². The molecule has 4 heteroatoms. The highest BCUT2D eigenvalue weighted by atomic mass is 16.3. The van der Waals surface area contributed by atoms with Crippen LogP contribution in [-0.4, -0.2) is 35.5 Å². The third-order valence-electron chi connectivity index (χ3n) is 0.576. The molecule has 0 rings (SSSR count). The van der Waals surface area contributed by atoms with Gasteiger partial charge in [-0.3, -0.25) is 0 Å². The highest BCUT2D eigenvalue weighted by Crippen LogP contribution is 1.63. The summed E-state index contributed by atoms with van der Waals surface area (Å²) in [7, 11) is 0. The third kappa shape index (κ3) is 24.9. The Labute approximate surface area is 61.8 Å². The number of rotatable bonds is 2. The second-order valence-electron chi connectivity index (χ2n) is 2.32. The summed E-state index contributed by atoms with van der Waals surface area (Å²) in [6, 6.07) is -0.120. The van der Waals surface area contributed by atoms with E-state index in [0.717, 1.165) is 0 Å². The molecule has 0 bridgehead atoms. The zero-order valence-corrected chi connectivity index (χ0v) is 6.62. The van der Waals surface area contributed by atoms with Gasteiger partial charge in [-0.25, -0.2) is 0 Å². The zero-order chi connectivity index (χ0) is 8.57. The maximum absolute atomic E-state index is 8.02. The van der Waals surface area contributed by atoms with E-state index in [1.54, 1.807) is 13.8 Å². The van der Waals surface area contributed by atoms with Crippen molar-refractivity contribution in [3.8, 4) is 0 Å². The van der Waals surface area contributed by atoms with Gasteiger partial charge < -0.3 is 21.7 Å². The molecule has 6 N–H and O–H groups in total. The predicted octanol–water partition coefficient (Wildman–Crippen LogP) is -1.35. The maximum atomic E-state index is 8.02. The summed E-state index contributed by atoms with van der Waals surface area (Å²) < 4.78 is 0. The van der Waals surface area contributed by atoms with Gasteiger partial charge in [-0.2, -0.15) is 0 Å². The fourth-order valence-electron chi connectivity index (χ4n) is 0. The topological polar surface area (TPSA) is 92.5 Å². The van der Waals surface area contributed by atoms with E-state index in [0.29, 0.717) is 0 Å². The molecule has 0 radical (unpaired) electrons. The Morgan fingerprint density at radius 2 is 1.10 bits per heavy atom. The van der Waals surface area contributed by atoms with Crippen LogP contribution < -0.4 is 11.5 Å². The molecule has 2 unspecified atom stereocenters. The summed E-state index contributed by atoms with van der Waals surface area (Å²) in [5, 5.41) is 16.0. The smallest absolute Gasteiger partial charge is 0.0579 e. The first-order valence-electron chi connectivity index (χ1n) is 3.27. The van der Waals surface area contributed by atoms with Gasteiger partial charge in [0, 0.05) is 12.1 Å². The Morgan fingerprint density at radius 1 is 1.00 bits per heavy atom. The molecule has 0 aromatic carbocycles. The lowest BCUT2D eigenvalue weighted by molar-refractivity contribution is 0.273. The van der Waals surface area contributed by atoms with Crippen LogP contribution in [0.4, 0.5) is 0 Å². The monoisotopic (exact) mass is 150 g/mol. The molecule has 2 atom stereocenters. The Balaban J connectivity index is 0. The lowest BCUT2D eigenvalue weighted by Crippen LogP contribution is -2.18. The average molecular weight is 150 g/mol. The van der Waals surface area contributed by atoms with E-state index in [1.807, 2.05) is 0 Å². The van der Waals surface area contributed by atoms with Gasteiger partial charge in [-0.05, 0) is 13.8 Å². The fourth-order valence-corrected chi connectivity index (χ4v) is 0. The van der Waals surface area contributed by atoms with Gasteiger partial charge >= 0.3 is 0 Å². The van der Waals surface area contributed by atoms with Crippen molar-refractivity contribution >= 4 is 0 Å². The predicted molar refractivity (Wildman–Crippen MR) is 41.5 cm³/mol. The first-order valence-corrected chi connectivity index (χ1v) is 3.27. The van der Waals surface area contributed by atoms with Crippen LogP contribution in [-0.2, 0) is 0 Å². The van der Waals surface area contributed by atoms with E-state index < -0.39 is 0 Å². The molecule has 0 aliphatic rings. The van der Waals surface area contributed by atoms with E-state index in [-0.39, 0.29) is 25.3 Å². The van der Waals surface area contributed by atoms with Gasteiger partial charge in [0.25, 0.3) is 0 Å². The lowest BCUT2D eigenvalue weighted by Gasteiger charge is -1.91. The van der Waals surface area contributed by atoms with E-state index in [4.69, 9.17) is 21.7 Å². The highest BCUT2D eigenvalue weighted by molar-refractivity contribution is 4.43. The van der Waals surface area contributed by atoms with E-state index in [1.165, 1.54) is 0 Å². The third-order valence-corrected chi connectivity index (χ3v) is 0.576. The summed E-state index contributed by atoms with van der Waals surface area (Å²) in [6.07, 6.45) is 0. The molecular weight excluding hydrogens is 132 g/mol. The van der Waals surface area contributed by atoms with Crippen molar-refractivity contribution in [3.63, 3.8) is 0 Å². The van der Waals surface area contributed by atoms with Crippen LogP contribution in [0.1, 0.15) is 13.8 Å². The molecule has 0 fully saturated rings. The summed E-state index contributed by atoms with van der Waals surface area (Å²) in [4.78, 5) is 0. The lowest BCUT2D eigenvalue weighted by atomic mass is 10.4. The van der Waals surface area contributed by atoms with Crippen LogP contribution in [0.3, 0.4) is 0 Å². The molecule has 0 saturated heterocycles. The average Bonchev–Trinajstić information content (AvgIpc) is 1.89. The van der Waals surface area contributed by atoms with Gasteiger partial charge in [0.15, 0.2) is 0 Å². The largest absolute Gasteiger partial charge is 0.395 e. The minimum absolute atomic E-state index is 0.0602. The van der Waals surface area contributed by atoms with Crippen LogP contribution in [0, 0.1) is 0 Å². The molecule has 0 saturated carbocycles. The summed E-state index contributed by atoms with van der Waals surface area (Å²) in [5.74, 6) is 0. The molecule has 0 aromatic heterocycles. The van der Waals surface area contributed by atoms with E-state index in [9.17, 15) is 0 Å². The second-order valence-corrected chi connectivity index (χ2v) is 2.32. The number of aliphatic hydroxyl groups excluding tert-OH is 2. The molecule has 0 aliphatic carbocycles. The number of nitrogens with two attached hydrogens (primary N) is 2. The molecule has 64 valence electrons. The molecule has 4 nitrogen and oxygen atoms in total. The van der Waals surface area contributed by atoms with Crippen molar-refractivity contribution < 1.29 is 10.2 Å². The minimum atomic E-state index is -0.0602. The molecule has 0 aliphatic heterocycles. The van der Waals surface area contributed by atoms with Crippen molar-refractivity contribution in [2.75, 3.05) is 13.2 Å². The molecular formula is C6H18N2O2. The SMILES string of the molecule is CC(N)CO.CC(N)CO. The summed E-state index contributed by atoms with van der Waals surface area (Å²) in [6.45, 7) is 3.67. The van der Waals surface area contributed by atoms with Gasteiger partial charge in [-0.1, -0.05) is 0 Å². The molecule has 0 heterocycles. The van der Waals surface area contributed by atoms with Crippen molar-refractivity contribution in [3.05, 3.63) is 0 Å². The van der Waals surface area contributed by atoms with Gasteiger partial charge in [0.05, 0.1) is 13.2 Å². The molecule has 0 spiro atoms. The Morgan fingerprint density at radius 3 is 1.10 bits per heavy atom. The van der Waals surface area contributed by atoms with Crippen molar-refractivity contribution in [1.82, 2.24) is 0 Å². The van der Waals surface area contributed by atoms with Gasteiger partial charge in [-0.15, -0.1) is 0 Å². The van der Waals surface area contributed by atoms with Gasteiger partial charge in [0.2, 0.25) is 0 Å². The van der Waals surface area contributed by atoms with E-state index >= 15 is 0 Å². The van der Waals surface area contributed by atoms with E-state index in [2.05, 4.69) is 0 Å². The van der Waals surface area contributed by atoms with Crippen LogP contribution in [0.15, 0.2) is 0 Å². The van der Waals surface area contributed by atoms with Crippen LogP contribution in [0.5, 0.6) is 0 Å². The Hall–Kier alpha value is -0.160. The zero-order valence-electron chi connectivity index (χ0n) is 6.62. The summed E-state index contributed by atoms with van der Waals surface area (Å²) in [5.41, 5.74) is 10.1. The molecule has 10 heavy (non-hydrogen) atoms. The molecule has 0 aromatic rings.